The highest BCUT2D eigenvalue weighted by atomic mass is 35.5. The van der Waals surface area contributed by atoms with Gasteiger partial charge in [0.05, 0.1) is 5.75 Å². The van der Waals surface area contributed by atoms with Crippen molar-refractivity contribution in [2.45, 2.75) is 26.3 Å². The van der Waals surface area contributed by atoms with E-state index in [1.807, 2.05) is 14.0 Å². The van der Waals surface area contributed by atoms with Crippen molar-refractivity contribution in [3.05, 3.63) is 29.8 Å². The van der Waals surface area contributed by atoms with E-state index in [2.05, 4.69) is 15.4 Å². The molecule has 1 aromatic carbocycles. The summed E-state index contributed by atoms with van der Waals surface area (Å²) >= 11 is 0. The van der Waals surface area contributed by atoms with E-state index in [9.17, 15) is 13.2 Å². The molecule has 0 bridgehead atoms. The van der Waals surface area contributed by atoms with Crippen LogP contribution in [0.25, 0.3) is 0 Å². The quantitative estimate of drug-likeness (QED) is 0.665. The third kappa shape index (κ3) is 7.11. The first-order valence-corrected chi connectivity index (χ1v) is 8.59. The van der Waals surface area contributed by atoms with E-state index in [0.717, 1.165) is 0 Å². The average molecular weight is 350 g/mol. The van der Waals surface area contributed by atoms with E-state index in [1.165, 1.54) is 6.07 Å². The maximum Gasteiger partial charge on any atom is 0.251 e. The summed E-state index contributed by atoms with van der Waals surface area (Å²) in [5.41, 5.74) is 0.827. The highest BCUT2D eigenvalue weighted by Gasteiger charge is 2.11. The summed E-state index contributed by atoms with van der Waals surface area (Å²) < 4.78 is 25.9. The number of hydrogen-bond donors (Lipinski definition) is 3. The maximum atomic E-state index is 12.0. The predicted octanol–water partition coefficient (Wildman–Crippen LogP) is 1.60. The number of sulfonamides is 1. The summed E-state index contributed by atoms with van der Waals surface area (Å²) in [6, 6.07) is 6.63. The van der Waals surface area contributed by atoms with Crippen molar-refractivity contribution in [3.63, 3.8) is 0 Å². The molecule has 1 rings (SSSR count). The van der Waals surface area contributed by atoms with Gasteiger partial charge in [-0.25, -0.2) is 8.42 Å². The van der Waals surface area contributed by atoms with Crippen LogP contribution in [0.1, 0.15) is 30.6 Å². The summed E-state index contributed by atoms with van der Waals surface area (Å²) in [6.07, 6.45) is 0.539. The number of likely N-dealkylation sites (N-methyl/N-ethyl adjacent to an activating group) is 1. The second-order valence-electron chi connectivity index (χ2n) is 4.90. The van der Waals surface area contributed by atoms with Crippen molar-refractivity contribution >= 4 is 34.0 Å². The summed E-state index contributed by atoms with van der Waals surface area (Å²) in [7, 11) is -1.53. The Morgan fingerprint density at radius 3 is 2.59 bits per heavy atom. The van der Waals surface area contributed by atoms with Crippen LogP contribution in [-0.2, 0) is 10.0 Å². The van der Waals surface area contributed by atoms with Gasteiger partial charge in [-0.1, -0.05) is 13.0 Å². The van der Waals surface area contributed by atoms with Gasteiger partial charge in [0.15, 0.2) is 0 Å². The van der Waals surface area contributed by atoms with Gasteiger partial charge < -0.3 is 10.6 Å². The molecular formula is C14H24ClN3O3S. The highest BCUT2D eigenvalue weighted by molar-refractivity contribution is 7.92. The van der Waals surface area contributed by atoms with Gasteiger partial charge in [-0.2, -0.15) is 0 Å². The summed E-state index contributed by atoms with van der Waals surface area (Å²) in [5.74, 6) is -0.169. The summed E-state index contributed by atoms with van der Waals surface area (Å²) in [5, 5.41) is 5.81. The molecular weight excluding hydrogens is 326 g/mol. The van der Waals surface area contributed by atoms with E-state index in [1.54, 1.807) is 25.1 Å². The number of carbonyl (C=O) groups is 1. The molecule has 126 valence electrons. The molecule has 0 saturated heterocycles. The molecule has 3 N–H and O–H groups in total. The minimum Gasteiger partial charge on any atom is -0.350 e. The molecule has 0 aromatic heterocycles. The minimum atomic E-state index is -3.35. The van der Waals surface area contributed by atoms with Crippen LogP contribution in [0.2, 0.25) is 0 Å². The fourth-order valence-electron chi connectivity index (χ4n) is 1.67. The number of anilines is 1. The Balaban J connectivity index is 0.00000441. The lowest BCUT2D eigenvalue weighted by molar-refractivity contribution is 0.0950. The number of carbonyl (C=O) groups excluding carboxylic acids is 1. The second-order valence-corrected chi connectivity index (χ2v) is 6.74. The lowest BCUT2D eigenvalue weighted by Crippen LogP contribution is -2.37. The molecule has 0 spiro atoms. The monoisotopic (exact) mass is 349 g/mol. The molecule has 0 radical (unpaired) electrons. The number of benzene rings is 1. The second kappa shape index (κ2) is 9.66. The smallest absolute Gasteiger partial charge is 0.251 e. The van der Waals surface area contributed by atoms with Crippen LogP contribution in [-0.4, -0.2) is 39.7 Å². The predicted molar refractivity (Wildman–Crippen MR) is 92.2 cm³/mol. The van der Waals surface area contributed by atoms with E-state index in [-0.39, 0.29) is 30.1 Å². The Morgan fingerprint density at radius 2 is 2.00 bits per heavy atom. The molecule has 1 amide bonds. The lowest BCUT2D eigenvalue weighted by atomic mass is 10.2. The van der Waals surface area contributed by atoms with Crippen LogP contribution in [0, 0.1) is 0 Å². The number of hydrogen-bond acceptors (Lipinski definition) is 4. The fraction of sp³-hybridized carbons (Fsp3) is 0.500. The molecule has 0 aliphatic rings. The Kier molecular flexibility index (Phi) is 9.08. The van der Waals surface area contributed by atoms with Crippen molar-refractivity contribution in [2.24, 2.45) is 0 Å². The van der Waals surface area contributed by atoms with Crippen LogP contribution in [0.4, 0.5) is 5.69 Å². The average Bonchev–Trinajstić information content (AvgIpc) is 2.43. The van der Waals surface area contributed by atoms with Gasteiger partial charge in [0.1, 0.15) is 0 Å². The van der Waals surface area contributed by atoms with Gasteiger partial charge >= 0.3 is 0 Å². The van der Waals surface area contributed by atoms with Crippen molar-refractivity contribution in [2.75, 3.05) is 24.1 Å². The van der Waals surface area contributed by atoms with Crippen LogP contribution >= 0.6 is 12.4 Å². The van der Waals surface area contributed by atoms with Gasteiger partial charge in [0.25, 0.3) is 5.91 Å². The van der Waals surface area contributed by atoms with E-state index < -0.39 is 10.0 Å². The third-order valence-electron chi connectivity index (χ3n) is 2.93. The molecule has 1 unspecified atom stereocenters. The Morgan fingerprint density at radius 1 is 1.32 bits per heavy atom. The largest absolute Gasteiger partial charge is 0.350 e. The first-order valence-electron chi connectivity index (χ1n) is 6.94. The molecule has 1 aromatic rings. The molecule has 0 heterocycles. The number of nitrogens with one attached hydrogen (secondary N) is 3. The van der Waals surface area contributed by atoms with Gasteiger partial charge in [0.2, 0.25) is 10.0 Å². The third-order valence-corrected chi connectivity index (χ3v) is 4.42. The molecule has 22 heavy (non-hydrogen) atoms. The van der Waals surface area contributed by atoms with Gasteiger partial charge in [-0.15, -0.1) is 12.4 Å². The molecule has 8 heteroatoms. The Labute approximate surface area is 138 Å². The molecule has 1 atom stereocenters. The minimum absolute atomic E-state index is 0. The first kappa shape index (κ1) is 20.7. The molecule has 0 aliphatic heterocycles. The van der Waals surface area contributed by atoms with Crippen molar-refractivity contribution in [3.8, 4) is 0 Å². The zero-order valence-corrected chi connectivity index (χ0v) is 14.7. The summed E-state index contributed by atoms with van der Waals surface area (Å²) in [4.78, 5) is 12.0. The Hall–Kier alpha value is -1.31. The van der Waals surface area contributed by atoms with Crippen LogP contribution in [0.5, 0.6) is 0 Å². The van der Waals surface area contributed by atoms with Gasteiger partial charge in [0, 0.05) is 23.8 Å². The van der Waals surface area contributed by atoms with Crippen LogP contribution in [0.15, 0.2) is 24.3 Å². The van der Waals surface area contributed by atoms with E-state index >= 15 is 0 Å². The first-order chi connectivity index (χ1) is 9.88. The molecule has 6 nitrogen and oxygen atoms in total. The number of halogens is 1. The van der Waals surface area contributed by atoms with E-state index in [0.29, 0.717) is 24.2 Å². The maximum absolute atomic E-state index is 12.0. The van der Waals surface area contributed by atoms with Crippen LogP contribution in [0.3, 0.4) is 0 Å². The van der Waals surface area contributed by atoms with E-state index in [4.69, 9.17) is 0 Å². The zero-order valence-electron chi connectivity index (χ0n) is 13.0. The molecule has 0 aliphatic carbocycles. The number of amides is 1. The summed E-state index contributed by atoms with van der Waals surface area (Å²) in [6.45, 7) is 4.25. The van der Waals surface area contributed by atoms with Crippen LogP contribution < -0.4 is 15.4 Å². The molecule has 0 saturated carbocycles. The fourth-order valence-corrected chi connectivity index (χ4v) is 2.80. The van der Waals surface area contributed by atoms with Gasteiger partial charge in [-0.05, 0) is 38.6 Å². The standard InChI is InChI=1S/C14H23N3O3S.ClH/c1-4-8-21(19,20)17-13-7-5-6-12(9-13)14(18)16-10-11(2)15-3;/h5-7,9,11,15,17H,4,8,10H2,1-3H3,(H,16,18);1H. The topological polar surface area (TPSA) is 87.3 Å². The molecule has 0 fully saturated rings. The van der Waals surface area contributed by atoms with Crippen molar-refractivity contribution in [1.82, 2.24) is 10.6 Å². The van der Waals surface area contributed by atoms with Gasteiger partial charge in [-0.3, -0.25) is 9.52 Å². The number of rotatable bonds is 8. The van der Waals surface area contributed by atoms with Crippen molar-refractivity contribution in [1.29, 1.82) is 0 Å². The lowest BCUT2D eigenvalue weighted by Gasteiger charge is -2.12. The Bertz CT molecular complexity index is 578. The van der Waals surface area contributed by atoms with Crippen molar-refractivity contribution < 1.29 is 13.2 Å². The normalized spacial score (nSPS) is 12.1. The SMILES string of the molecule is CCCS(=O)(=O)Nc1cccc(C(=O)NCC(C)NC)c1.Cl. The highest BCUT2D eigenvalue weighted by Crippen LogP contribution is 2.13. The zero-order chi connectivity index (χ0) is 15.9.